The number of ether oxygens (including phenoxy) is 2. The Bertz CT molecular complexity index is 1560. The van der Waals surface area contributed by atoms with Crippen LogP contribution in [0.5, 0.6) is 5.75 Å². The van der Waals surface area contributed by atoms with Crippen molar-refractivity contribution in [3.63, 3.8) is 0 Å². The minimum atomic E-state index is -0.539. The molecule has 0 radical (unpaired) electrons. The van der Waals surface area contributed by atoms with E-state index in [-0.39, 0.29) is 5.69 Å². The second-order valence-corrected chi connectivity index (χ2v) is 8.00. The van der Waals surface area contributed by atoms with E-state index in [9.17, 15) is 4.79 Å². The van der Waals surface area contributed by atoms with Crippen LogP contribution in [0.25, 0.3) is 27.6 Å². The molecular weight excluding hydrogens is 472 g/mol. The largest absolute Gasteiger partial charge is 0.495 e. The SMILES string of the molecule is CCn1ncc2c3c(-n4cnc(C(=O)OC)c4)nnc(NCc4ccc(OC)c(Cl)c4)c3cnc21. The van der Waals surface area contributed by atoms with Crippen molar-refractivity contribution in [3.8, 4) is 11.6 Å². The molecule has 0 aliphatic carbocycles. The van der Waals surface area contributed by atoms with Gasteiger partial charge in [-0.3, -0.25) is 4.57 Å². The Hall–Kier alpha value is -4.25. The number of carbonyl (C=O) groups excluding carboxylic acids is 1. The number of anilines is 1. The van der Waals surface area contributed by atoms with Crippen molar-refractivity contribution < 1.29 is 14.3 Å². The fourth-order valence-electron chi connectivity index (χ4n) is 3.85. The van der Waals surface area contributed by atoms with Crippen LogP contribution >= 0.6 is 11.6 Å². The third-order valence-electron chi connectivity index (χ3n) is 5.59. The number of pyridine rings is 1. The maximum absolute atomic E-state index is 11.9. The first-order valence-corrected chi connectivity index (χ1v) is 11.1. The minimum absolute atomic E-state index is 0.163. The van der Waals surface area contributed by atoms with Crippen LogP contribution in [0.3, 0.4) is 0 Å². The van der Waals surface area contributed by atoms with Crippen LogP contribution in [0.4, 0.5) is 5.82 Å². The predicted molar refractivity (Wildman–Crippen MR) is 130 cm³/mol. The van der Waals surface area contributed by atoms with E-state index in [1.54, 1.807) is 34.9 Å². The summed E-state index contributed by atoms with van der Waals surface area (Å²) in [6.07, 6.45) is 6.55. The lowest BCUT2D eigenvalue weighted by Gasteiger charge is -2.13. The fourth-order valence-corrected chi connectivity index (χ4v) is 4.13. The number of aromatic nitrogens is 7. The zero-order valence-electron chi connectivity index (χ0n) is 19.2. The van der Waals surface area contributed by atoms with E-state index in [1.165, 1.54) is 13.4 Å². The Morgan fingerprint density at radius 1 is 1.14 bits per heavy atom. The molecule has 4 heterocycles. The summed E-state index contributed by atoms with van der Waals surface area (Å²) < 4.78 is 13.4. The molecule has 1 N–H and O–H groups in total. The van der Waals surface area contributed by atoms with Gasteiger partial charge in [-0.25, -0.2) is 19.4 Å². The molecule has 178 valence electrons. The number of hydrogen-bond donors (Lipinski definition) is 1. The van der Waals surface area contributed by atoms with E-state index < -0.39 is 5.97 Å². The number of fused-ring (bicyclic) bond motifs is 3. The van der Waals surface area contributed by atoms with Gasteiger partial charge >= 0.3 is 5.97 Å². The molecule has 5 aromatic rings. The van der Waals surface area contributed by atoms with Crippen molar-refractivity contribution in [3.05, 3.63) is 59.4 Å². The maximum Gasteiger partial charge on any atom is 0.358 e. The molecule has 0 unspecified atom stereocenters. The number of rotatable bonds is 7. The van der Waals surface area contributed by atoms with Gasteiger partial charge < -0.3 is 14.8 Å². The van der Waals surface area contributed by atoms with Crippen molar-refractivity contribution >= 4 is 45.2 Å². The predicted octanol–water partition coefficient (Wildman–Crippen LogP) is 3.64. The first-order chi connectivity index (χ1) is 17.0. The summed E-state index contributed by atoms with van der Waals surface area (Å²) in [5.74, 6) is 1.10. The molecule has 5 rings (SSSR count). The summed E-state index contributed by atoms with van der Waals surface area (Å²) in [5.41, 5.74) is 1.83. The van der Waals surface area contributed by atoms with Crippen molar-refractivity contribution in [2.24, 2.45) is 0 Å². The maximum atomic E-state index is 11.9. The number of carbonyl (C=O) groups is 1. The molecule has 0 atom stereocenters. The normalized spacial score (nSPS) is 11.2. The summed E-state index contributed by atoms with van der Waals surface area (Å²) in [5, 5.41) is 19.5. The van der Waals surface area contributed by atoms with Crippen LogP contribution < -0.4 is 10.1 Å². The highest BCUT2D eigenvalue weighted by Crippen LogP contribution is 2.32. The zero-order valence-corrected chi connectivity index (χ0v) is 19.9. The Morgan fingerprint density at radius 2 is 2.00 bits per heavy atom. The zero-order chi connectivity index (χ0) is 24.5. The van der Waals surface area contributed by atoms with E-state index in [1.807, 2.05) is 25.1 Å². The van der Waals surface area contributed by atoms with Crippen LogP contribution in [0, 0.1) is 0 Å². The van der Waals surface area contributed by atoms with Gasteiger partial charge in [-0.2, -0.15) is 5.10 Å². The summed E-state index contributed by atoms with van der Waals surface area (Å²) in [6.45, 7) is 3.11. The topological polar surface area (TPSA) is 122 Å². The Morgan fingerprint density at radius 3 is 2.74 bits per heavy atom. The van der Waals surface area contributed by atoms with Gasteiger partial charge in [0.2, 0.25) is 0 Å². The standard InChI is InChI=1S/C23H21ClN8O3/c1-4-32-21-15(10-28-32)19-14(9-26-21)20(25-8-13-5-6-18(34-2)16(24)7-13)29-30-22(19)31-11-17(27-12-31)23(33)35-3/h5-7,9-12H,4,8H2,1-3H3,(H,25,29). The van der Waals surface area contributed by atoms with Gasteiger partial charge in [-0.1, -0.05) is 17.7 Å². The molecule has 1 aromatic carbocycles. The second-order valence-electron chi connectivity index (χ2n) is 7.60. The summed E-state index contributed by atoms with van der Waals surface area (Å²) in [4.78, 5) is 20.7. The highest BCUT2D eigenvalue weighted by Gasteiger charge is 2.19. The molecular formula is C23H21ClN8O3. The van der Waals surface area contributed by atoms with Crippen molar-refractivity contribution in [1.29, 1.82) is 0 Å². The molecule has 35 heavy (non-hydrogen) atoms. The van der Waals surface area contributed by atoms with Crippen LogP contribution in [-0.2, 0) is 17.8 Å². The lowest BCUT2D eigenvalue weighted by molar-refractivity contribution is 0.0594. The highest BCUT2D eigenvalue weighted by molar-refractivity contribution is 6.32. The molecule has 0 saturated carbocycles. The van der Waals surface area contributed by atoms with Crippen molar-refractivity contribution in [2.75, 3.05) is 19.5 Å². The highest BCUT2D eigenvalue weighted by atomic mass is 35.5. The van der Waals surface area contributed by atoms with E-state index in [0.29, 0.717) is 35.5 Å². The molecule has 0 saturated heterocycles. The quantitative estimate of drug-likeness (QED) is 0.339. The number of methoxy groups -OCH3 is 2. The van der Waals surface area contributed by atoms with E-state index in [2.05, 4.69) is 30.6 Å². The summed E-state index contributed by atoms with van der Waals surface area (Å²) in [6, 6.07) is 5.57. The first kappa shape index (κ1) is 22.5. The summed E-state index contributed by atoms with van der Waals surface area (Å²) in [7, 11) is 2.88. The average molecular weight is 493 g/mol. The monoisotopic (exact) mass is 492 g/mol. The van der Waals surface area contributed by atoms with Gasteiger partial charge in [0.15, 0.2) is 23.0 Å². The summed E-state index contributed by atoms with van der Waals surface area (Å²) >= 11 is 6.27. The molecule has 0 amide bonds. The Balaban J connectivity index is 1.61. The van der Waals surface area contributed by atoms with Gasteiger partial charge in [0.1, 0.15) is 12.1 Å². The van der Waals surface area contributed by atoms with Crippen LogP contribution in [0.1, 0.15) is 23.0 Å². The number of esters is 1. The van der Waals surface area contributed by atoms with Crippen LogP contribution in [0.2, 0.25) is 5.02 Å². The third-order valence-corrected chi connectivity index (χ3v) is 5.88. The number of nitrogens with one attached hydrogen (secondary N) is 1. The molecule has 0 bridgehead atoms. The van der Waals surface area contributed by atoms with E-state index >= 15 is 0 Å². The van der Waals surface area contributed by atoms with Gasteiger partial charge in [-0.15, -0.1) is 10.2 Å². The molecule has 4 aromatic heterocycles. The first-order valence-electron chi connectivity index (χ1n) is 10.7. The van der Waals surface area contributed by atoms with Gasteiger partial charge in [0, 0.05) is 36.3 Å². The number of benzene rings is 1. The van der Waals surface area contributed by atoms with Gasteiger partial charge in [-0.05, 0) is 24.6 Å². The number of aryl methyl sites for hydroxylation is 1. The molecule has 12 heteroatoms. The third kappa shape index (κ3) is 3.99. The van der Waals surface area contributed by atoms with Crippen LogP contribution in [-0.4, -0.2) is 54.7 Å². The van der Waals surface area contributed by atoms with Crippen molar-refractivity contribution in [2.45, 2.75) is 20.0 Å². The molecule has 0 aliphatic heterocycles. The number of nitrogens with zero attached hydrogens (tertiary/aromatic N) is 7. The molecule has 0 spiro atoms. The number of imidazole rings is 1. The van der Waals surface area contributed by atoms with E-state index in [4.69, 9.17) is 21.1 Å². The minimum Gasteiger partial charge on any atom is -0.495 e. The Kier molecular flexibility index (Phi) is 5.91. The van der Waals surface area contributed by atoms with Crippen LogP contribution in [0.15, 0.2) is 43.1 Å². The second kappa shape index (κ2) is 9.18. The number of halogens is 1. The van der Waals surface area contributed by atoms with Gasteiger partial charge in [0.25, 0.3) is 0 Å². The number of hydrogen-bond acceptors (Lipinski definition) is 9. The fraction of sp³-hybridized carbons (Fsp3) is 0.217. The van der Waals surface area contributed by atoms with Crippen molar-refractivity contribution in [1.82, 2.24) is 34.5 Å². The van der Waals surface area contributed by atoms with Gasteiger partial charge in [0.05, 0.1) is 30.8 Å². The smallest absolute Gasteiger partial charge is 0.358 e. The lowest BCUT2D eigenvalue weighted by atomic mass is 10.1. The molecule has 11 nitrogen and oxygen atoms in total. The molecule has 0 fully saturated rings. The Labute approximate surface area is 204 Å². The van der Waals surface area contributed by atoms with E-state index in [0.717, 1.165) is 27.4 Å². The lowest BCUT2D eigenvalue weighted by Crippen LogP contribution is -2.07. The molecule has 0 aliphatic rings. The average Bonchev–Trinajstić information content (AvgIpc) is 3.54.